The summed E-state index contributed by atoms with van der Waals surface area (Å²) in [5.74, 6) is 0.569. The van der Waals surface area contributed by atoms with Crippen molar-refractivity contribution in [1.82, 2.24) is 9.55 Å². The third-order valence-electron chi connectivity index (χ3n) is 4.29. The van der Waals surface area contributed by atoms with Gasteiger partial charge in [0.25, 0.3) is 5.56 Å². The molecule has 2 aromatic carbocycles. The van der Waals surface area contributed by atoms with E-state index in [4.69, 9.17) is 9.05 Å². The van der Waals surface area contributed by atoms with Gasteiger partial charge >= 0.3 is 7.60 Å². The molecule has 148 valence electrons. The monoisotopic (exact) mass is 464 g/mol. The molecule has 0 aliphatic heterocycles. The van der Waals surface area contributed by atoms with Crippen LogP contribution in [0, 0.1) is 0 Å². The van der Waals surface area contributed by atoms with Gasteiger partial charge in [-0.05, 0) is 47.5 Å². The Hall–Kier alpha value is -1.79. The molecule has 0 aliphatic carbocycles. The van der Waals surface area contributed by atoms with Gasteiger partial charge in [0.1, 0.15) is 5.82 Å². The summed E-state index contributed by atoms with van der Waals surface area (Å²) >= 11 is 3.42. The van der Waals surface area contributed by atoms with E-state index in [2.05, 4.69) is 20.9 Å². The summed E-state index contributed by atoms with van der Waals surface area (Å²) in [6.45, 7) is 4.24. The maximum Gasteiger partial charge on any atom is 0.335 e. The van der Waals surface area contributed by atoms with Crippen LogP contribution >= 0.6 is 23.5 Å². The minimum absolute atomic E-state index is 0.117. The van der Waals surface area contributed by atoms with Crippen molar-refractivity contribution in [2.45, 2.75) is 20.0 Å². The van der Waals surface area contributed by atoms with Crippen molar-refractivity contribution in [1.29, 1.82) is 0 Å². The Morgan fingerprint density at radius 1 is 1.07 bits per heavy atom. The molecule has 0 amide bonds. The lowest BCUT2D eigenvalue weighted by molar-refractivity contribution is 0.219. The molecule has 0 spiro atoms. The fourth-order valence-corrected chi connectivity index (χ4v) is 5.26. The van der Waals surface area contributed by atoms with E-state index >= 15 is 0 Å². The van der Waals surface area contributed by atoms with Crippen LogP contribution in [0.3, 0.4) is 0 Å². The summed E-state index contributed by atoms with van der Waals surface area (Å²) in [5, 5.41) is 0.555. The highest BCUT2D eigenvalue weighted by molar-refractivity contribution is 9.10. The average molecular weight is 465 g/mol. The Balaban J connectivity index is 1.97. The van der Waals surface area contributed by atoms with Crippen LogP contribution in [0.1, 0.15) is 19.4 Å². The molecule has 0 saturated heterocycles. The van der Waals surface area contributed by atoms with Gasteiger partial charge in [-0.1, -0.05) is 30.3 Å². The molecule has 28 heavy (non-hydrogen) atoms. The highest BCUT2D eigenvalue weighted by atomic mass is 79.9. The number of hydrogen-bond acceptors (Lipinski definition) is 5. The fourth-order valence-electron chi connectivity index (χ4n) is 3.03. The van der Waals surface area contributed by atoms with E-state index in [-0.39, 0.29) is 11.7 Å². The van der Waals surface area contributed by atoms with Crippen molar-refractivity contribution in [3.05, 3.63) is 62.9 Å². The third kappa shape index (κ3) is 4.28. The zero-order chi connectivity index (χ0) is 20.3. The largest absolute Gasteiger partial charge is 0.335 e. The number of aromatic nitrogens is 2. The van der Waals surface area contributed by atoms with Crippen LogP contribution in [0.15, 0.2) is 51.7 Å². The van der Waals surface area contributed by atoms with Crippen molar-refractivity contribution >= 4 is 34.4 Å². The minimum Gasteiger partial charge on any atom is -0.309 e. The first-order valence-electron chi connectivity index (χ1n) is 9.01. The van der Waals surface area contributed by atoms with E-state index in [1.54, 1.807) is 20.9 Å². The molecule has 0 atom stereocenters. The summed E-state index contributed by atoms with van der Waals surface area (Å²) in [6, 6.07) is 12.9. The van der Waals surface area contributed by atoms with E-state index in [1.165, 1.54) is 4.57 Å². The lowest BCUT2D eigenvalue weighted by Crippen LogP contribution is -2.20. The second-order valence-electron chi connectivity index (χ2n) is 6.24. The average Bonchev–Trinajstić information content (AvgIpc) is 2.65. The van der Waals surface area contributed by atoms with Crippen LogP contribution in [0.2, 0.25) is 0 Å². The Morgan fingerprint density at radius 3 is 2.32 bits per heavy atom. The van der Waals surface area contributed by atoms with Crippen molar-refractivity contribution < 1.29 is 13.6 Å². The first kappa shape index (κ1) is 20.9. The Morgan fingerprint density at radius 2 is 1.71 bits per heavy atom. The fraction of sp³-hybridized carbons (Fsp3) is 0.300. The summed E-state index contributed by atoms with van der Waals surface area (Å²) in [5.41, 5.74) is 2.15. The maximum absolute atomic E-state index is 12.8. The van der Waals surface area contributed by atoms with Crippen molar-refractivity contribution in [3.63, 3.8) is 0 Å². The molecule has 1 aromatic heterocycles. The molecular weight excluding hydrogens is 443 g/mol. The second-order valence-corrected chi connectivity index (χ2v) is 9.14. The lowest BCUT2D eigenvalue weighted by Gasteiger charge is -2.17. The van der Waals surface area contributed by atoms with Crippen LogP contribution in [0.25, 0.3) is 22.3 Å². The summed E-state index contributed by atoms with van der Waals surface area (Å²) < 4.78 is 25.7. The predicted octanol–water partition coefficient (Wildman–Crippen LogP) is 5.13. The molecule has 0 aliphatic rings. The molecule has 0 radical (unpaired) electrons. The van der Waals surface area contributed by atoms with Crippen LogP contribution in [-0.2, 0) is 26.8 Å². The number of halogens is 1. The molecular formula is C20H22BrN2O4P. The molecule has 0 saturated carbocycles. The van der Waals surface area contributed by atoms with Crippen molar-refractivity contribution in [2.24, 2.45) is 7.05 Å². The number of hydrogen-bond donors (Lipinski definition) is 0. The lowest BCUT2D eigenvalue weighted by atomic mass is 10.1. The number of rotatable bonds is 7. The SMILES string of the molecule is CCOP(=O)(Cc1ccc(-c2nc3cccc(Br)c3c(=O)n2C)cc1)OCC. The first-order valence-corrected chi connectivity index (χ1v) is 11.5. The molecule has 0 N–H and O–H groups in total. The van der Waals surface area contributed by atoms with E-state index in [0.717, 1.165) is 15.6 Å². The number of nitrogens with zero attached hydrogens (tertiary/aromatic N) is 2. The smallest absolute Gasteiger partial charge is 0.309 e. The standard InChI is InChI=1S/C20H22BrN2O4P/c1-4-26-28(25,27-5-2)13-14-9-11-15(12-10-14)19-22-17-8-6-7-16(21)18(17)20(24)23(19)3/h6-12H,4-5,13H2,1-3H3. The van der Waals surface area contributed by atoms with Gasteiger partial charge in [0.05, 0.1) is 30.3 Å². The molecule has 6 nitrogen and oxygen atoms in total. The van der Waals surface area contributed by atoms with Crippen LogP contribution in [-0.4, -0.2) is 22.8 Å². The predicted molar refractivity (Wildman–Crippen MR) is 115 cm³/mol. The quantitative estimate of drug-likeness (QED) is 0.453. The maximum atomic E-state index is 12.8. The van der Waals surface area contributed by atoms with E-state index in [9.17, 15) is 9.36 Å². The molecule has 8 heteroatoms. The second kappa shape index (κ2) is 8.70. The Kier molecular flexibility index (Phi) is 6.50. The number of fused-ring (bicyclic) bond motifs is 1. The minimum atomic E-state index is -3.16. The highest BCUT2D eigenvalue weighted by Gasteiger charge is 2.24. The molecule has 3 aromatic rings. The molecule has 0 unspecified atom stereocenters. The van der Waals surface area contributed by atoms with Crippen LogP contribution in [0.4, 0.5) is 0 Å². The summed E-state index contributed by atoms with van der Waals surface area (Å²) in [6.07, 6.45) is 0.200. The van der Waals surface area contributed by atoms with Crippen LogP contribution in [0.5, 0.6) is 0 Å². The summed E-state index contributed by atoms with van der Waals surface area (Å²) in [4.78, 5) is 17.4. The molecule has 0 fully saturated rings. The van der Waals surface area contributed by atoms with Crippen molar-refractivity contribution in [2.75, 3.05) is 13.2 Å². The summed E-state index contributed by atoms with van der Waals surface area (Å²) in [7, 11) is -1.46. The van der Waals surface area contributed by atoms with Crippen molar-refractivity contribution in [3.8, 4) is 11.4 Å². The van der Waals surface area contributed by atoms with E-state index in [1.807, 2.05) is 42.5 Å². The van der Waals surface area contributed by atoms with Gasteiger partial charge in [-0.25, -0.2) is 4.98 Å². The number of benzene rings is 2. The molecule has 3 rings (SSSR count). The van der Waals surface area contributed by atoms with Gasteiger partial charge in [-0.2, -0.15) is 0 Å². The van der Waals surface area contributed by atoms with Gasteiger partial charge in [0.2, 0.25) is 0 Å². The topological polar surface area (TPSA) is 70.4 Å². The molecule has 0 bridgehead atoms. The zero-order valence-corrected chi connectivity index (χ0v) is 18.5. The zero-order valence-electron chi connectivity index (χ0n) is 16.0. The normalized spacial score (nSPS) is 11.9. The van der Waals surface area contributed by atoms with Gasteiger partial charge in [-0.3, -0.25) is 13.9 Å². The van der Waals surface area contributed by atoms with Gasteiger partial charge in [-0.15, -0.1) is 0 Å². The Bertz CT molecular complexity index is 1090. The van der Waals surface area contributed by atoms with E-state index in [0.29, 0.717) is 29.9 Å². The highest BCUT2D eigenvalue weighted by Crippen LogP contribution is 2.51. The van der Waals surface area contributed by atoms with E-state index < -0.39 is 7.60 Å². The van der Waals surface area contributed by atoms with Gasteiger partial charge in [0, 0.05) is 17.1 Å². The van der Waals surface area contributed by atoms with Gasteiger partial charge < -0.3 is 9.05 Å². The van der Waals surface area contributed by atoms with Gasteiger partial charge in [0.15, 0.2) is 0 Å². The third-order valence-corrected chi connectivity index (χ3v) is 7.01. The molecule has 1 heterocycles. The van der Waals surface area contributed by atoms with Crippen LogP contribution < -0.4 is 5.56 Å². The first-order chi connectivity index (χ1) is 13.4. The Labute approximate surface area is 172 Å².